The van der Waals surface area contributed by atoms with Gasteiger partial charge in [0.05, 0.1) is 23.2 Å². The molecule has 10 heteroatoms. The maximum atomic E-state index is 13.2. The van der Waals surface area contributed by atoms with Crippen molar-refractivity contribution in [1.29, 1.82) is 0 Å². The highest BCUT2D eigenvalue weighted by molar-refractivity contribution is 7.92. The average molecular weight is 470 g/mol. The molecule has 0 amide bonds. The summed E-state index contributed by atoms with van der Waals surface area (Å²) in [7, 11) is -6.45. The number of benzene rings is 2. The molecule has 0 aliphatic carbocycles. The Hall–Kier alpha value is -2.33. The van der Waals surface area contributed by atoms with Crippen molar-refractivity contribution in [3.8, 4) is 5.75 Å². The Morgan fingerprint density at radius 1 is 1.03 bits per heavy atom. The van der Waals surface area contributed by atoms with Crippen molar-refractivity contribution in [3.63, 3.8) is 0 Å². The summed E-state index contributed by atoms with van der Waals surface area (Å²) >= 11 is 5.85. The van der Waals surface area contributed by atoms with Crippen LogP contribution in [-0.2, 0) is 19.9 Å². The highest BCUT2D eigenvalue weighted by Crippen LogP contribution is 2.30. The molecule has 1 N–H and O–H groups in total. The van der Waals surface area contributed by atoms with Crippen LogP contribution in [0.4, 0.5) is 0 Å². The molecule has 0 unspecified atom stereocenters. The second kappa shape index (κ2) is 8.81. The molecule has 7 nitrogen and oxygen atoms in total. The molecule has 0 spiro atoms. The SMILES string of the molecule is COc1ccc(S(=O)(=O)NC[C@@H](c2ccco2)S(=O)(=O)c2ccc(Cl)cc2)cc1C. The van der Waals surface area contributed by atoms with Crippen LogP contribution in [0.2, 0.25) is 5.02 Å². The van der Waals surface area contributed by atoms with Crippen molar-refractivity contribution in [1.82, 2.24) is 4.72 Å². The van der Waals surface area contributed by atoms with Gasteiger partial charge in [-0.25, -0.2) is 21.6 Å². The molecule has 3 aromatic rings. The molecule has 30 heavy (non-hydrogen) atoms. The number of aryl methyl sites for hydroxylation is 1. The van der Waals surface area contributed by atoms with Crippen LogP contribution in [-0.4, -0.2) is 30.5 Å². The number of hydrogen-bond acceptors (Lipinski definition) is 6. The molecular formula is C20H20ClNO6S2. The lowest BCUT2D eigenvalue weighted by atomic mass is 10.2. The van der Waals surface area contributed by atoms with Crippen LogP contribution in [0.15, 0.2) is 75.1 Å². The average Bonchev–Trinajstić information content (AvgIpc) is 3.22. The Kier molecular flexibility index (Phi) is 6.56. The number of halogens is 1. The van der Waals surface area contributed by atoms with E-state index in [-0.39, 0.29) is 15.6 Å². The molecule has 3 rings (SSSR count). The Morgan fingerprint density at radius 2 is 1.70 bits per heavy atom. The largest absolute Gasteiger partial charge is 0.496 e. The molecule has 1 aromatic heterocycles. The van der Waals surface area contributed by atoms with Gasteiger partial charge in [0.2, 0.25) is 10.0 Å². The van der Waals surface area contributed by atoms with Crippen LogP contribution in [0, 0.1) is 6.92 Å². The Morgan fingerprint density at radius 3 is 2.27 bits per heavy atom. The van der Waals surface area contributed by atoms with E-state index in [9.17, 15) is 16.8 Å². The van der Waals surface area contributed by atoms with Crippen LogP contribution in [0.5, 0.6) is 5.75 Å². The van der Waals surface area contributed by atoms with E-state index < -0.39 is 31.7 Å². The second-order valence-corrected chi connectivity index (χ2v) is 10.8. The quantitative estimate of drug-likeness (QED) is 0.539. The summed E-state index contributed by atoms with van der Waals surface area (Å²) in [5.74, 6) is 0.672. The van der Waals surface area contributed by atoms with E-state index >= 15 is 0 Å². The van der Waals surface area contributed by atoms with Gasteiger partial charge in [-0.1, -0.05) is 11.6 Å². The highest BCUT2D eigenvalue weighted by atomic mass is 35.5. The van der Waals surface area contributed by atoms with Crippen molar-refractivity contribution in [2.45, 2.75) is 22.0 Å². The fourth-order valence-corrected chi connectivity index (χ4v) is 5.86. The van der Waals surface area contributed by atoms with E-state index in [4.69, 9.17) is 20.8 Å². The molecule has 0 radical (unpaired) electrons. The van der Waals surface area contributed by atoms with Crippen LogP contribution in [0.3, 0.4) is 0 Å². The van der Waals surface area contributed by atoms with Gasteiger partial charge in [-0.2, -0.15) is 0 Å². The van der Waals surface area contributed by atoms with Gasteiger partial charge in [0, 0.05) is 11.6 Å². The molecule has 0 aliphatic heterocycles. The lowest BCUT2D eigenvalue weighted by molar-refractivity contribution is 0.411. The molecule has 0 bridgehead atoms. The number of nitrogens with one attached hydrogen (secondary N) is 1. The fourth-order valence-electron chi connectivity index (χ4n) is 2.91. The monoisotopic (exact) mass is 469 g/mol. The Labute approximate surface area is 180 Å². The summed E-state index contributed by atoms with van der Waals surface area (Å²) in [5.41, 5.74) is 0.636. The summed E-state index contributed by atoms with van der Waals surface area (Å²) in [6, 6.07) is 13.1. The van der Waals surface area contributed by atoms with Gasteiger partial charge >= 0.3 is 0 Å². The maximum absolute atomic E-state index is 13.2. The van der Waals surface area contributed by atoms with Gasteiger partial charge in [0.25, 0.3) is 0 Å². The van der Waals surface area contributed by atoms with Gasteiger partial charge in [-0.05, 0) is 67.1 Å². The molecule has 0 saturated carbocycles. The van der Waals surface area contributed by atoms with E-state index in [1.165, 1.54) is 55.8 Å². The summed E-state index contributed by atoms with van der Waals surface area (Å²) in [6.45, 7) is 1.31. The van der Waals surface area contributed by atoms with Crippen LogP contribution in [0.1, 0.15) is 16.6 Å². The lowest BCUT2D eigenvalue weighted by Gasteiger charge is -2.17. The lowest BCUT2D eigenvalue weighted by Crippen LogP contribution is -2.32. The van der Waals surface area contributed by atoms with E-state index in [1.807, 2.05) is 0 Å². The number of methoxy groups -OCH3 is 1. The fraction of sp³-hybridized carbons (Fsp3) is 0.200. The zero-order chi connectivity index (χ0) is 21.9. The van der Waals surface area contributed by atoms with Crippen molar-refractivity contribution in [2.24, 2.45) is 0 Å². The van der Waals surface area contributed by atoms with Gasteiger partial charge in [0.15, 0.2) is 9.84 Å². The van der Waals surface area contributed by atoms with Crippen LogP contribution >= 0.6 is 11.6 Å². The van der Waals surface area contributed by atoms with E-state index in [0.29, 0.717) is 16.3 Å². The topological polar surface area (TPSA) is 103 Å². The summed E-state index contributed by atoms with van der Waals surface area (Å²) in [6.07, 6.45) is 1.33. The first-order valence-electron chi connectivity index (χ1n) is 8.82. The first kappa shape index (κ1) is 22.4. The Balaban J connectivity index is 1.91. The van der Waals surface area contributed by atoms with Crippen LogP contribution in [0.25, 0.3) is 0 Å². The number of sulfonamides is 1. The second-order valence-electron chi connectivity index (χ2n) is 6.49. The predicted molar refractivity (Wildman–Crippen MR) is 113 cm³/mol. The van der Waals surface area contributed by atoms with Crippen LogP contribution < -0.4 is 9.46 Å². The standard InChI is InChI=1S/C20H20ClNO6S2/c1-14-12-17(9-10-18(14)27-2)30(25,26)22-13-20(19-4-3-11-28-19)29(23,24)16-7-5-15(21)6-8-16/h3-12,20,22H,13H2,1-2H3/t20-/m0/s1. The van der Waals surface area contributed by atoms with Gasteiger partial charge < -0.3 is 9.15 Å². The number of furan rings is 1. The zero-order valence-electron chi connectivity index (χ0n) is 16.2. The molecule has 0 aliphatic rings. The molecule has 1 atom stereocenters. The minimum Gasteiger partial charge on any atom is -0.496 e. The van der Waals surface area contributed by atoms with Crippen molar-refractivity contribution in [2.75, 3.05) is 13.7 Å². The minimum absolute atomic E-state index is 0.00267. The van der Waals surface area contributed by atoms with Gasteiger partial charge in [0.1, 0.15) is 16.8 Å². The normalized spacial score (nSPS) is 13.2. The highest BCUT2D eigenvalue weighted by Gasteiger charge is 2.33. The van der Waals surface area contributed by atoms with Gasteiger partial charge in [-0.3, -0.25) is 0 Å². The van der Waals surface area contributed by atoms with E-state index in [0.717, 1.165) is 0 Å². The number of hydrogen-bond donors (Lipinski definition) is 1. The number of rotatable bonds is 8. The molecule has 0 saturated heterocycles. The number of sulfone groups is 1. The van der Waals surface area contributed by atoms with E-state index in [1.54, 1.807) is 19.1 Å². The van der Waals surface area contributed by atoms with E-state index in [2.05, 4.69) is 4.72 Å². The summed E-state index contributed by atoms with van der Waals surface area (Å²) < 4.78 is 64.7. The molecular weight excluding hydrogens is 450 g/mol. The molecule has 2 aromatic carbocycles. The van der Waals surface area contributed by atoms with Crippen molar-refractivity contribution in [3.05, 3.63) is 77.2 Å². The third-order valence-corrected chi connectivity index (χ3v) is 8.26. The first-order chi connectivity index (χ1) is 14.1. The smallest absolute Gasteiger partial charge is 0.240 e. The third kappa shape index (κ3) is 4.70. The molecule has 1 heterocycles. The third-order valence-electron chi connectivity index (χ3n) is 4.51. The molecule has 160 valence electrons. The molecule has 0 fully saturated rings. The Bertz CT molecular complexity index is 1220. The van der Waals surface area contributed by atoms with Gasteiger partial charge in [-0.15, -0.1) is 0 Å². The zero-order valence-corrected chi connectivity index (χ0v) is 18.6. The predicted octanol–water partition coefficient (Wildman–Crippen LogP) is 3.74. The summed E-state index contributed by atoms with van der Waals surface area (Å²) in [5, 5.41) is -0.873. The number of ether oxygens (including phenoxy) is 1. The minimum atomic E-state index is -3.98. The first-order valence-corrected chi connectivity index (χ1v) is 12.2. The van der Waals surface area contributed by atoms with Crippen molar-refractivity contribution >= 4 is 31.5 Å². The van der Waals surface area contributed by atoms with Crippen molar-refractivity contribution < 1.29 is 26.0 Å². The summed E-state index contributed by atoms with van der Waals surface area (Å²) in [4.78, 5) is 0.00988. The maximum Gasteiger partial charge on any atom is 0.240 e.